The number of benzene rings is 1. The topological polar surface area (TPSA) is 76.7 Å². The molecule has 1 aromatic rings. The number of nitrogens with one attached hydrogen (secondary N) is 2. The highest BCUT2D eigenvalue weighted by molar-refractivity contribution is 6.35. The third-order valence-corrected chi connectivity index (χ3v) is 2.87. The van der Waals surface area contributed by atoms with Crippen molar-refractivity contribution >= 4 is 11.8 Å². The Labute approximate surface area is 130 Å². The fourth-order valence-corrected chi connectivity index (χ4v) is 1.78. The zero-order chi connectivity index (χ0) is 17.5. The average Bonchev–Trinajstić information content (AvgIpc) is 2.52. The molecule has 1 unspecified atom stereocenters. The summed E-state index contributed by atoms with van der Waals surface area (Å²) in [5, 5.41) is 3.71. The molecule has 0 aliphatic carbocycles. The summed E-state index contributed by atoms with van der Waals surface area (Å²) >= 11 is 0. The molecule has 0 saturated carbocycles. The van der Waals surface area contributed by atoms with E-state index < -0.39 is 30.6 Å². The Kier molecular flexibility index (Phi) is 6.83. The normalized spacial score (nSPS) is 12.4. The maximum Gasteiger partial charge on any atom is 0.405 e. The van der Waals surface area contributed by atoms with Gasteiger partial charge in [-0.25, -0.2) is 0 Å². The van der Waals surface area contributed by atoms with Crippen LogP contribution in [0.2, 0.25) is 0 Å². The first-order chi connectivity index (χ1) is 10.8. The van der Waals surface area contributed by atoms with Crippen LogP contribution in [0, 0.1) is 0 Å². The smallest absolute Gasteiger partial charge is 0.405 e. The maximum atomic E-state index is 12.0. The van der Waals surface area contributed by atoms with Crippen LogP contribution in [0.25, 0.3) is 0 Å². The number of hydrogen-bond donors (Lipinski definition) is 2. The molecule has 0 heterocycles. The molecule has 0 spiro atoms. The van der Waals surface area contributed by atoms with E-state index in [2.05, 4.69) is 5.32 Å². The average molecular weight is 334 g/mol. The second-order valence-electron chi connectivity index (χ2n) is 4.47. The van der Waals surface area contributed by atoms with Crippen molar-refractivity contribution in [1.29, 1.82) is 0 Å². The molecule has 2 N–H and O–H groups in total. The SMILES string of the molecule is COc1ccccc1C(CNC(=O)C(=O)NCC(F)(F)F)OC. The molecule has 0 saturated heterocycles. The molecule has 128 valence electrons. The van der Waals surface area contributed by atoms with Crippen molar-refractivity contribution in [3.05, 3.63) is 29.8 Å². The van der Waals surface area contributed by atoms with Gasteiger partial charge in [0.25, 0.3) is 0 Å². The van der Waals surface area contributed by atoms with E-state index >= 15 is 0 Å². The maximum absolute atomic E-state index is 12.0. The number of carbonyl (C=O) groups is 2. The fraction of sp³-hybridized carbons (Fsp3) is 0.429. The van der Waals surface area contributed by atoms with Gasteiger partial charge in [0.2, 0.25) is 0 Å². The van der Waals surface area contributed by atoms with E-state index in [4.69, 9.17) is 9.47 Å². The lowest BCUT2D eigenvalue weighted by Crippen LogP contribution is -2.44. The van der Waals surface area contributed by atoms with Crippen LogP contribution in [-0.4, -0.2) is 45.3 Å². The molecule has 0 aromatic heterocycles. The lowest BCUT2D eigenvalue weighted by atomic mass is 10.1. The van der Waals surface area contributed by atoms with Crippen LogP contribution in [0.4, 0.5) is 13.2 Å². The van der Waals surface area contributed by atoms with Crippen LogP contribution in [0.15, 0.2) is 24.3 Å². The number of halogens is 3. The van der Waals surface area contributed by atoms with Gasteiger partial charge in [-0.1, -0.05) is 18.2 Å². The van der Waals surface area contributed by atoms with Crippen LogP contribution in [0.1, 0.15) is 11.7 Å². The summed E-state index contributed by atoms with van der Waals surface area (Å²) < 4.78 is 46.3. The molecule has 2 amide bonds. The van der Waals surface area contributed by atoms with Crippen LogP contribution >= 0.6 is 0 Å². The first kappa shape index (κ1) is 18.8. The Bertz CT molecular complexity index is 549. The van der Waals surface area contributed by atoms with Gasteiger partial charge in [-0.3, -0.25) is 9.59 Å². The number of rotatable bonds is 6. The van der Waals surface area contributed by atoms with Gasteiger partial charge in [0.05, 0.1) is 7.11 Å². The predicted octanol–water partition coefficient (Wildman–Crippen LogP) is 1.18. The highest BCUT2D eigenvalue weighted by Gasteiger charge is 2.29. The number of amides is 2. The number of hydrogen-bond acceptors (Lipinski definition) is 4. The second-order valence-corrected chi connectivity index (χ2v) is 4.47. The summed E-state index contributed by atoms with van der Waals surface area (Å²) in [6.07, 6.45) is -5.20. The van der Waals surface area contributed by atoms with Gasteiger partial charge in [-0.05, 0) is 6.07 Å². The summed E-state index contributed by atoms with van der Waals surface area (Å²) in [5.74, 6) is -2.02. The van der Waals surface area contributed by atoms with Crippen molar-refractivity contribution in [2.75, 3.05) is 27.3 Å². The van der Waals surface area contributed by atoms with E-state index in [0.717, 1.165) is 0 Å². The van der Waals surface area contributed by atoms with Gasteiger partial charge in [0.1, 0.15) is 18.4 Å². The minimum atomic E-state index is -4.58. The van der Waals surface area contributed by atoms with Crippen molar-refractivity contribution < 1.29 is 32.2 Å². The number of ether oxygens (including phenoxy) is 2. The largest absolute Gasteiger partial charge is 0.496 e. The van der Waals surface area contributed by atoms with Gasteiger partial charge in [0.15, 0.2) is 0 Å². The Hall–Kier alpha value is -2.29. The van der Waals surface area contributed by atoms with Crippen molar-refractivity contribution in [1.82, 2.24) is 10.6 Å². The molecule has 1 rings (SSSR count). The molecule has 23 heavy (non-hydrogen) atoms. The third kappa shape index (κ3) is 6.15. The number of carbonyl (C=O) groups excluding carboxylic acids is 2. The Balaban J connectivity index is 2.60. The summed E-state index contributed by atoms with van der Waals surface area (Å²) in [5.41, 5.74) is 0.633. The molecule has 1 aromatic carbocycles. The molecule has 0 radical (unpaired) electrons. The summed E-state index contributed by atoms with van der Waals surface area (Å²) in [6.45, 7) is -1.67. The van der Waals surface area contributed by atoms with E-state index in [9.17, 15) is 22.8 Å². The number of para-hydroxylation sites is 1. The molecule has 1 atom stereocenters. The van der Waals surface area contributed by atoms with E-state index in [-0.39, 0.29) is 6.54 Å². The lowest BCUT2D eigenvalue weighted by molar-refractivity contribution is -0.146. The van der Waals surface area contributed by atoms with E-state index in [1.54, 1.807) is 24.3 Å². The highest BCUT2D eigenvalue weighted by Crippen LogP contribution is 2.26. The first-order valence-electron chi connectivity index (χ1n) is 6.57. The minimum Gasteiger partial charge on any atom is -0.496 e. The zero-order valence-corrected chi connectivity index (χ0v) is 12.6. The van der Waals surface area contributed by atoms with Crippen LogP contribution in [0.3, 0.4) is 0 Å². The first-order valence-corrected chi connectivity index (χ1v) is 6.57. The van der Waals surface area contributed by atoms with Crippen LogP contribution < -0.4 is 15.4 Å². The Morgan fingerprint density at radius 1 is 1.13 bits per heavy atom. The third-order valence-electron chi connectivity index (χ3n) is 2.87. The Morgan fingerprint density at radius 2 is 1.74 bits per heavy atom. The fourth-order valence-electron chi connectivity index (χ4n) is 1.78. The predicted molar refractivity (Wildman–Crippen MR) is 74.8 cm³/mol. The summed E-state index contributed by atoms with van der Waals surface area (Å²) in [4.78, 5) is 22.8. The molecule has 9 heteroatoms. The van der Waals surface area contributed by atoms with E-state index in [1.807, 2.05) is 0 Å². The van der Waals surface area contributed by atoms with Crippen molar-refractivity contribution in [2.45, 2.75) is 12.3 Å². The molecule has 6 nitrogen and oxygen atoms in total. The monoisotopic (exact) mass is 334 g/mol. The van der Waals surface area contributed by atoms with Crippen LogP contribution in [-0.2, 0) is 14.3 Å². The van der Waals surface area contributed by atoms with E-state index in [0.29, 0.717) is 11.3 Å². The van der Waals surface area contributed by atoms with E-state index in [1.165, 1.54) is 19.5 Å². The summed E-state index contributed by atoms with van der Waals surface area (Å²) in [7, 11) is 2.86. The molecular weight excluding hydrogens is 317 g/mol. The van der Waals surface area contributed by atoms with Gasteiger partial charge in [0, 0.05) is 19.2 Å². The van der Waals surface area contributed by atoms with Crippen molar-refractivity contribution in [2.24, 2.45) is 0 Å². The highest BCUT2D eigenvalue weighted by atomic mass is 19.4. The Morgan fingerprint density at radius 3 is 2.30 bits per heavy atom. The number of methoxy groups -OCH3 is 2. The molecule has 0 fully saturated rings. The van der Waals surface area contributed by atoms with Gasteiger partial charge < -0.3 is 20.1 Å². The second kappa shape index (κ2) is 8.37. The van der Waals surface area contributed by atoms with Crippen molar-refractivity contribution in [3.8, 4) is 5.75 Å². The standard InChI is InChI=1S/C14H17F3N2O4/c1-22-10-6-4-3-5-9(10)11(23-2)7-18-12(20)13(21)19-8-14(15,16)17/h3-6,11H,7-8H2,1-2H3,(H,18,20)(H,19,21). The summed E-state index contributed by atoms with van der Waals surface area (Å²) in [6, 6.07) is 6.89. The van der Waals surface area contributed by atoms with Gasteiger partial charge in [-0.2, -0.15) is 13.2 Å². The number of alkyl halides is 3. The minimum absolute atomic E-state index is 0.102. The van der Waals surface area contributed by atoms with Gasteiger partial charge in [-0.15, -0.1) is 0 Å². The molecular formula is C14H17F3N2O4. The van der Waals surface area contributed by atoms with Crippen LogP contribution in [0.5, 0.6) is 5.75 Å². The lowest BCUT2D eigenvalue weighted by Gasteiger charge is -2.19. The quantitative estimate of drug-likeness (QED) is 0.766. The molecule has 0 aliphatic rings. The molecule has 0 bridgehead atoms. The molecule has 0 aliphatic heterocycles. The van der Waals surface area contributed by atoms with Crippen molar-refractivity contribution in [3.63, 3.8) is 0 Å². The van der Waals surface area contributed by atoms with Gasteiger partial charge >= 0.3 is 18.0 Å². The zero-order valence-electron chi connectivity index (χ0n) is 12.6.